The van der Waals surface area contributed by atoms with E-state index in [4.69, 9.17) is 23.2 Å². The summed E-state index contributed by atoms with van der Waals surface area (Å²) in [5, 5.41) is 11.0. The number of non-ortho nitro benzene ring substituents is 1. The number of carbonyl (C=O) groups excluding carboxylic acids is 1. The Morgan fingerprint density at radius 3 is 2.70 bits per heavy atom. The smallest absolute Gasteiger partial charge is 0.270 e. The first-order chi connectivity index (χ1) is 9.43. The van der Waals surface area contributed by atoms with E-state index in [1.54, 1.807) is 17.6 Å². The van der Waals surface area contributed by atoms with Crippen LogP contribution in [0.15, 0.2) is 18.2 Å². The first kappa shape index (κ1) is 14.5. The molecule has 0 saturated heterocycles. The third-order valence-electron chi connectivity index (χ3n) is 2.84. The highest BCUT2D eigenvalue weighted by molar-refractivity contribution is 6.32. The number of carbonyl (C=O) groups is 1. The van der Waals surface area contributed by atoms with Gasteiger partial charge in [0.05, 0.1) is 16.5 Å². The highest BCUT2D eigenvalue weighted by Crippen LogP contribution is 2.25. The maximum Gasteiger partial charge on any atom is 0.270 e. The molecule has 0 aliphatic carbocycles. The molecule has 0 aliphatic heterocycles. The normalized spacial score (nSPS) is 10.6. The molecule has 0 N–H and O–H groups in total. The van der Waals surface area contributed by atoms with Gasteiger partial charge in [0.1, 0.15) is 11.5 Å². The molecule has 2 rings (SSSR count). The van der Waals surface area contributed by atoms with Crippen LogP contribution in [0.2, 0.25) is 10.2 Å². The number of nitro benzene ring substituents is 1. The Balaban J connectivity index is 2.40. The summed E-state index contributed by atoms with van der Waals surface area (Å²) in [6.45, 7) is 1.97. The zero-order valence-corrected chi connectivity index (χ0v) is 11.9. The molecule has 0 spiro atoms. The molecule has 20 heavy (non-hydrogen) atoms. The summed E-state index contributed by atoms with van der Waals surface area (Å²) in [6.07, 6.45) is 0.613. The van der Waals surface area contributed by atoms with Gasteiger partial charge in [0.25, 0.3) is 5.69 Å². The van der Waals surface area contributed by atoms with E-state index < -0.39 is 4.92 Å². The fraction of sp³-hybridized carbons (Fsp3) is 0.167. The predicted molar refractivity (Wildman–Crippen MR) is 74.6 cm³/mol. The highest BCUT2D eigenvalue weighted by Gasteiger charge is 2.15. The molecule has 1 aromatic carbocycles. The van der Waals surface area contributed by atoms with Crippen molar-refractivity contribution in [1.29, 1.82) is 0 Å². The molecule has 8 heteroatoms. The van der Waals surface area contributed by atoms with Crippen molar-refractivity contribution in [3.8, 4) is 0 Å². The maximum atomic E-state index is 11.0. The van der Waals surface area contributed by atoms with Crippen molar-refractivity contribution in [1.82, 2.24) is 9.55 Å². The van der Waals surface area contributed by atoms with Crippen molar-refractivity contribution >= 4 is 35.2 Å². The lowest BCUT2D eigenvalue weighted by Crippen LogP contribution is -2.06. The van der Waals surface area contributed by atoms with Gasteiger partial charge < -0.3 is 4.57 Å². The number of nitro groups is 1. The Bertz CT molecular complexity index is 697. The van der Waals surface area contributed by atoms with Crippen molar-refractivity contribution < 1.29 is 9.72 Å². The van der Waals surface area contributed by atoms with Gasteiger partial charge in [-0.05, 0) is 18.6 Å². The fourth-order valence-corrected chi connectivity index (χ4v) is 2.31. The van der Waals surface area contributed by atoms with Crippen molar-refractivity contribution in [3.05, 3.63) is 55.6 Å². The van der Waals surface area contributed by atoms with Gasteiger partial charge in [-0.25, -0.2) is 4.98 Å². The number of hydrogen-bond donors (Lipinski definition) is 0. The SMILES string of the molecule is Cc1nc(Cl)c(C=O)n1Cc1ccc([N+](=O)[O-])cc1Cl. The van der Waals surface area contributed by atoms with Crippen LogP contribution in [-0.2, 0) is 6.54 Å². The van der Waals surface area contributed by atoms with E-state index in [1.165, 1.54) is 12.1 Å². The van der Waals surface area contributed by atoms with Crippen LogP contribution in [0.25, 0.3) is 0 Å². The van der Waals surface area contributed by atoms with Crippen LogP contribution in [0.1, 0.15) is 21.9 Å². The lowest BCUT2D eigenvalue weighted by molar-refractivity contribution is -0.384. The van der Waals surface area contributed by atoms with Gasteiger partial charge >= 0.3 is 0 Å². The Kier molecular flexibility index (Phi) is 4.06. The zero-order valence-electron chi connectivity index (χ0n) is 10.3. The van der Waals surface area contributed by atoms with Crippen molar-refractivity contribution in [2.24, 2.45) is 0 Å². The lowest BCUT2D eigenvalue weighted by Gasteiger charge is -2.08. The molecule has 1 aromatic heterocycles. The molecule has 0 amide bonds. The van der Waals surface area contributed by atoms with Crippen LogP contribution >= 0.6 is 23.2 Å². The molecule has 0 fully saturated rings. The van der Waals surface area contributed by atoms with Gasteiger partial charge in [-0.3, -0.25) is 14.9 Å². The van der Waals surface area contributed by atoms with Crippen LogP contribution < -0.4 is 0 Å². The van der Waals surface area contributed by atoms with Crippen molar-refractivity contribution in [2.45, 2.75) is 13.5 Å². The van der Waals surface area contributed by atoms with Crippen LogP contribution in [0, 0.1) is 17.0 Å². The third-order valence-corrected chi connectivity index (χ3v) is 3.47. The summed E-state index contributed by atoms with van der Waals surface area (Å²) in [7, 11) is 0. The molecule has 6 nitrogen and oxygen atoms in total. The summed E-state index contributed by atoms with van der Waals surface area (Å²) < 4.78 is 1.60. The number of aldehydes is 1. The second kappa shape index (κ2) is 5.60. The maximum absolute atomic E-state index is 11.0. The van der Waals surface area contributed by atoms with Gasteiger partial charge in [0.2, 0.25) is 0 Å². The van der Waals surface area contributed by atoms with Crippen LogP contribution in [-0.4, -0.2) is 20.8 Å². The van der Waals surface area contributed by atoms with E-state index in [1.807, 2.05) is 0 Å². The second-order valence-electron chi connectivity index (χ2n) is 4.07. The summed E-state index contributed by atoms with van der Waals surface area (Å²) in [6, 6.07) is 4.17. The summed E-state index contributed by atoms with van der Waals surface area (Å²) in [5.74, 6) is 0.562. The lowest BCUT2D eigenvalue weighted by atomic mass is 10.2. The van der Waals surface area contributed by atoms with Crippen molar-refractivity contribution in [3.63, 3.8) is 0 Å². The number of aryl methyl sites for hydroxylation is 1. The molecule has 0 aliphatic rings. The molecular formula is C12H9Cl2N3O3. The van der Waals surface area contributed by atoms with E-state index in [9.17, 15) is 14.9 Å². The molecule has 0 unspecified atom stereocenters. The number of imidazole rings is 1. The van der Waals surface area contributed by atoms with Gasteiger partial charge in [-0.1, -0.05) is 23.2 Å². The monoisotopic (exact) mass is 313 g/mol. The quantitative estimate of drug-likeness (QED) is 0.493. The molecule has 0 bridgehead atoms. The Labute approximate surface area is 124 Å². The summed E-state index contributed by atoms with van der Waals surface area (Å²) >= 11 is 11.9. The molecule has 2 aromatic rings. The van der Waals surface area contributed by atoms with Gasteiger partial charge in [0, 0.05) is 12.1 Å². The largest absolute Gasteiger partial charge is 0.320 e. The van der Waals surface area contributed by atoms with Gasteiger partial charge in [-0.15, -0.1) is 0 Å². The minimum absolute atomic E-state index is 0.0882. The standard InChI is InChI=1S/C12H9Cl2N3O3/c1-7-15-12(14)11(6-18)16(7)5-8-2-3-9(17(19)20)4-10(8)13/h2-4,6H,5H2,1H3. The number of aromatic nitrogens is 2. The Hall–Kier alpha value is -1.92. The number of nitrogens with zero attached hydrogens (tertiary/aromatic N) is 3. The summed E-state index contributed by atoms with van der Waals surface area (Å²) in [4.78, 5) is 25.1. The van der Waals surface area contributed by atoms with Crippen molar-refractivity contribution in [2.75, 3.05) is 0 Å². The Morgan fingerprint density at radius 1 is 1.45 bits per heavy atom. The minimum Gasteiger partial charge on any atom is -0.320 e. The molecular weight excluding hydrogens is 305 g/mol. The van der Waals surface area contributed by atoms with E-state index in [0.717, 1.165) is 0 Å². The molecule has 0 saturated carbocycles. The first-order valence-corrected chi connectivity index (χ1v) is 6.30. The molecule has 0 atom stereocenters. The average Bonchev–Trinajstić information content (AvgIpc) is 2.65. The first-order valence-electron chi connectivity index (χ1n) is 5.54. The van der Waals surface area contributed by atoms with Crippen LogP contribution in [0.3, 0.4) is 0 Å². The van der Waals surface area contributed by atoms with E-state index in [2.05, 4.69) is 4.98 Å². The second-order valence-corrected chi connectivity index (χ2v) is 4.84. The Morgan fingerprint density at radius 2 is 2.15 bits per heavy atom. The summed E-state index contributed by atoms with van der Waals surface area (Å²) in [5.41, 5.74) is 0.797. The van der Waals surface area contributed by atoms with E-state index >= 15 is 0 Å². The van der Waals surface area contributed by atoms with E-state index in [0.29, 0.717) is 17.7 Å². The molecule has 104 valence electrons. The van der Waals surface area contributed by atoms with E-state index in [-0.39, 0.29) is 28.1 Å². The van der Waals surface area contributed by atoms with Gasteiger partial charge in [-0.2, -0.15) is 0 Å². The van der Waals surface area contributed by atoms with Crippen LogP contribution in [0.5, 0.6) is 0 Å². The number of benzene rings is 1. The third kappa shape index (κ3) is 2.66. The number of halogens is 2. The van der Waals surface area contributed by atoms with Gasteiger partial charge in [0.15, 0.2) is 11.4 Å². The topological polar surface area (TPSA) is 78.0 Å². The molecule has 0 radical (unpaired) electrons. The van der Waals surface area contributed by atoms with Crippen LogP contribution in [0.4, 0.5) is 5.69 Å². The average molecular weight is 314 g/mol. The zero-order chi connectivity index (χ0) is 14.9. The highest BCUT2D eigenvalue weighted by atomic mass is 35.5. The fourth-order valence-electron chi connectivity index (χ4n) is 1.81. The minimum atomic E-state index is -0.522. The number of hydrogen-bond acceptors (Lipinski definition) is 4. The molecule has 1 heterocycles. The predicted octanol–water partition coefficient (Wildman–Crippen LogP) is 3.27. The number of rotatable bonds is 4.